The van der Waals surface area contributed by atoms with Crippen LogP contribution in [-0.4, -0.2) is 43.6 Å². The van der Waals surface area contributed by atoms with Gasteiger partial charge in [-0.1, -0.05) is 12.1 Å². The lowest BCUT2D eigenvalue weighted by Gasteiger charge is -2.04. The maximum Gasteiger partial charge on any atom is 0.231 e. The van der Waals surface area contributed by atoms with E-state index in [9.17, 15) is 0 Å². The molecule has 6 heteroatoms. The van der Waals surface area contributed by atoms with E-state index in [2.05, 4.69) is 17.1 Å². The zero-order chi connectivity index (χ0) is 12.5. The first kappa shape index (κ1) is 14.1. The van der Waals surface area contributed by atoms with Gasteiger partial charge in [-0.2, -0.15) is 4.98 Å². The third-order valence-electron chi connectivity index (χ3n) is 2.51. The van der Waals surface area contributed by atoms with Gasteiger partial charge in [-0.05, 0) is 6.42 Å². The number of hydrogen-bond acceptors (Lipinski definition) is 6. The lowest BCUT2D eigenvalue weighted by Crippen LogP contribution is -2.12. The Kier molecular flexibility index (Phi) is 6.76. The van der Waals surface area contributed by atoms with Gasteiger partial charge in [0.1, 0.15) is 0 Å². The Labute approximate surface area is 101 Å². The predicted molar refractivity (Wildman–Crippen MR) is 62.8 cm³/mol. The van der Waals surface area contributed by atoms with Gasteiger partial charge in [0.25, 0.3) is 0 Å². The van der Waals surface area contributed by atoms with Crippen molar-refractivity contribution in [2.45, 2.75) is 25.7 Å². The minimum absolute atomic E-state index is 0.158. The fourth-order valence-electron chi connectivity index (χ4n) is 1.38. The standard InChI is InChI=1S/C11H21N3O3/c1-3-9(8-12)11-13-10(14-17-11)4-5-16-7-6-15-2/h9H,3-8,12H2,1-2H3. The highest BCUT2D eigenvalue weighted by atomic mass is 16.5. The molecule has 1 aromatic heterocycles. The van der Waals surface area contributed by atoms with Crippen LogP contribution >= 0.6 is 0 Å². The van der Waals surface area contributed by atoms with Crippen LogP contribution in [0.25, 0.3) is 0 Å². The van der Waals surface area contributed by atoms with E-state index in [1.54, 1.807) is 7.11 Å². The molecule has 0 aliphatic heterocycles. The number of nitrogens with zero attached hydrogens (tertiary/aromatic N) is 2. The van der Waals surface area contributed by atoms with Crippen molar-refractivity contribution in [1.29, 1.82) is 0 Å². The van der Waals surface area contributed by atoms with Crippen molar-refractivity contribution in [2.75, 3.05) is 33.5 Å². The van der Waals surface area contributed by atoms with Crippen LogP contribution in [0.5, 0.6) is 0 Å². The first-order chi connectivity index (χ1) is 8.31. The first-order valence-electron chi connectivity index (χ1n) is 5.91. The summed E-state index contributed by atoms with van der Waals surface area (Å²) in [6.07, 6.45) is 1.55. The van der Waals surface area contributed by atoms with Crippen molar-refractivity contribution in [3.63, 3.8) is 0 Å². The maximum absolute atomic E-state index is 5.61. The van der Waals surface area contributed by atoms with E-state index < -0.39 is 0 Å². The third-order valence-corrected chi connectivity index (χ3v) is 2.51. The molecule has 98 valence electrons. The van der Waals surface area contributed by atoms with Crippen LogP contribution in [-0.2, 0) is 15.9 Å². The Hall–Kier alpha value is -0.980. The van der Waals surface area contributed by atoms with Crippen LogP contribution in [0.4, 0.5) is 0 Å². The summed E-state index contributed by atoms with van der Waals surface area (Å²) in [6.45, 7) is 4.34. The summed E-state index contributed by atoms with van der Waals surface area (Å²) in [5, 5.41) is 3.90. The van der Waals surface area contributed by atoms with Crippen LogP contribution in [0, 0.1) is 0 Å². The van der Waals surface area contributed by atoms with Crippen molar-refractivity contribution in [1.82, 2.24) is 10.1 Å². The van der Waals surface area contributed by atoms with E-state index >= 15 is 0 Å². The number of methoxy groups -OCH3 is 1. The molecular formula is C11H21N3O3. The van der Waals surface area contributed by atoms with Gasteiger partial charge in [0, 0.05) is 20.1 Å². The van der Waals surface area contributed by atoms with E-state index in [0.29, 0.717) is 44.5 Å². The first-order valence-corrected chi connectivity index (χ1v) is 5.91. The van der Waals surface area contributed by atoms with Gasteiger partial charge in [0.2, 0.25) is 5.89 Å². The van der Waals surface area contributed by atoms with Crippen molar-refractivity contribution in [3.8, 4) is 0 Å². The average molecular weight is 243 g/mol. The highest BCUT2D eigenvalue weighted by molar-refractivity contribution is 4.94. The molecule has 0 amide bonds. The van der Waals surface area contributed by atoms with Gasteiger partial charge in [-0.25, -0.2) is 0 Å². The van der Waals surface area contributed by atoms with Crippen molar-refractivity contribution < 1.29 is 14.0 Å². The summed E-state index contributed by atoms with van der Waals surface area (Å²) in [5.74, 6) is 1.46. The molecule has 1 heterocycles. The van der Waals surface area contributed by atoms with Gasteiger partial charge in [-0.3, -0.25) is 0 Å². The smallest absolute Gasteiger partial charge is 0.231 e. The summed E-state index contributed by atoms with van der Waals surface area (Å²) in [4.78, 5) is 4.30. The molecule has 0 fully saturated rings. The minimum atomic E-state index is 0.158. The molecule has 1 unspecified atom stereocenters. The minimum Gasteiger partial charge on any atom is -0.382 e. The topological polar surface area (TPSA) is 83.4 Å². The molecule has 6 nitrogen and oxygen atoms in total. The Morgan fingerprint density at radius 3 is 2.82 bits per heavy atom. The van der Waals surface area contributed by atoms with Gasteiger partial charge in [0.05, 0.1) is 25.7 Å². The van der Waals surface area contributed by atoms with Crippen molar-refractivity contribution in [3.05, 3.63) is 11.7 Å². The largest absolute Gasteiger partial charge is 0.382 e. The van der Waals surface area contributed by atoms with Gasteiger partial charge < -0.3 is 19.7 Å². The Bertz CT molecular complexity index is 300. The van der Waals surface area contributed by atoms with Gasteiger partial charge in [0.15, 0.2) is 5.82 Å². The quantitative estimate of drug-likeness (QED) is 0.644. The van der Waals surface area contributed by atoms with Gasteiger partial charge >= 0.3 is 0 Å². The van der Waals surface area contributed by atoms with Gasteiger partial charge in [-0.15, -0.1) is 0 Å². The number of aromatic nitrogens is 2. The van der Waals surface area contributed by atoms with E-state index in [4.69, 9.17) is 19.7 Å². The molecule has 0 saturated carbocycles. The molecule has 1 rings (SSSR count). The number of hydrogen-bond donors (Lipinski definition) is 1. The van der Waals surface area contributed by atoms with E-state index in [1.807, 2.05) is 0 Å². The highest BCUT2D eigenvalue weighted by Crippen LogP contribution is 2.15. The zero-order valence-corrected chi connectivity index (χ0v) is 10.5. The SMILES string of the molecule is CCC(CN)c1nc(CCOCCOC)no1. The fraction of sp³-hybridized carbons (Fsp3) is 0.818. The summed E-state index contributed by atoms with van der Waals surface area (Å²) < 4.78 is 15.4. The molecule has 0 bridgehead atoms. The van der Waals surface area contributed by atoms with Crippen molar-refractivity contribution in [2.24, 2.45) is 5.73 Å². The molecule has 0 spiro atoms. The maximum atomic E-state index is 5.61. The summed E-state index contributed by atoms with van der Waals surface area (Å²) in [5.41, 5.74) is 5.61. The number of nitrogens with two attached hydrogens (primary N) is 1. The van der Waals surface area contributed by atoms with Crippen LogP contribution in [0.1, 0.15) is 31.0 Å². The lowest BCUT2D eigenvalue weighted by atomic mass is 10.1. The second kappa shape index (κ2) is 8.16. The van der Waals surface area contributed by atoms with Crippen molar-refractivity contribution >= 4 is 0 Å². The Morgan fingerprint density at radius 1 is 1.35 bits per heavy atom. The second-order valence-electron chi connectivity index (χ2n) is 3.74. The fourth-order valence-corrected chi connectivity index (χ4v) is 1.38. The molecular weight excluding hydrogens is 222 g/mol. The van der Waals surface area contributed by atoms with Crippen LogP contribution in [0.2, 0.25) is 0 Å². The van der Waals surface area contributed by atoms with Crippen LogP contribution in [0.3, 0.4) is 0 Å². The molecule has 0 aliphatic rings. The molecule has 1 atom stereocenters. The molecule has 0 saturated heterocycles. The lowest BCUT2D eigenvalue weighted by molar-refractivity contribution is 0.0714. The average Bonchev–Trinajstić information content (AvgIpc) is 2.79. The summed E-state index contributed by atoms with van der Waals surface area (Å²) in [7, 11) is 1.65. The van der Waals surface area contributed by atoms with Crippen LogP contribution < -0.4 is 5.73 Å². The molecule has 2 N–H and O–H groups in total. The predicted octanol–water partition coefficient (Wildman–Crippen LogP) is 0.727. The summed E-state index contributed by atoms with van der Waals surface area (Å²) in [6, 6.07) is 0. The summed E-state index contributed by atoms with van der Waals surface area (Å²) >= 11 is 0. The molecule has 0 radical (unpaired) electrons. The van der Waals surface area contributed by atoms with E-state index in [1.165, 1.54) is 0 Å². The second-order valence-corrected chi connectivity index (χ2v) is 3.74. The number of ether oxygens (including phenoxy) is 2. The normalized spacial score (nSPS) is 12.9. The number of rotatable bonds is 9. The molecule has 1 aromatic rings. The third kappa shape index (κ3) is 4.80. The Balaban J connectivity index is 2.30. The molecule has 0 aromatic carbocycles. The Morgan fingerprint density at radius 2 is 2.18 bits per heavy atom. The van der Waals surface area contributed by atoms with E-state index in [-0.39, 0.29) is 5.92 Å². The van der Waals surface area contributed by atoms with Crippen LogP contribution in [0.15, 0.2) is 4.52 Å². The monoisotopic (exact) mass is 243 g/mol. The van der Waals surface area contributed by atoms with E-state index in [0.717, 1.165) is 6.42 Å². The zero-order valence-electron chi connectivity index (χ0n) is 10.5. The molecule has 0 aliphatic carbocycles. The molecule has 17 heavy (non-hydrogen) atoms. The highest BCUT2D eigenvalue weighted by Gasteiger charge is 2.15.